The van der Waals surface area contributed by atoms with Gasteiger partial charge in [0.1, 0.15) is 4.33 Å². The smallest absolute Gasteiger partial charge is 0.244 e. The number of hydrogen-bond donors (Lipinski definition) is 1. The van der Waals surface area contributed by atoms with E-state index in [0.29, 0.717) is 0 Å². The van der Waals surface area contributed by atoms with Crippen LogP contribution in [-0.4, -0.2) is 16.5 Å². The molecule has 0 heterocycles. The third kappa shape index (κ3) is 3.98. The first kappa shape index (κ1) is 22.2. The number of nitrogens with one attached hydrogen (secondary N) is 1. The van der Waals surface area contributed by atoms with Crippen molar-refractivity contribution in [3.63, 3.8) is 0 Å². The van der Waals surface area contributed by atoms with Gasteiger partial charge in [0, 0.05) is 23.5 Å². The van der Waals surface area contributed by atoms with E-state index in [0.717, 1.165) is 12.0 Å². The van der Waals surface area contributed by atoms with E-state index >= 15 is 0 Å². The van der Waals surface area contributed by atoms with Gasteiger partial charge in [-0.3, -0.25) is 4.79 Å². The van der Waals surface area contributed by atoms with Gasteiger partial charge in [-0.2, -0.15) is 5.10 Å². The van der Waals surface area contributed by atoms with Crippen molar-refractivity contribution in [3.05, 3.63) is 107 Å². The lowest BCUT2D eigenvalue weighted by molar-refractivity contribution is -0.122. The number of aryl methyl sites for hydroxylation is 2. The first-order chi connectivity index (χ1) is 15.8. The maximum Gasteiger partial charge on any atom is 0.244 e. The summed E-state index contributed by atoms with van der Waals surface area (Å²) in [5.74, 6) is -0.427. The molecule has 0 radical (unpaired) electrons. The summed E-state index contributed by atoms with van der Waals surface area (Å²) in [5, 5.41) is 4.26. The van der Waals surface area contributed by atoms with E-state index in [1.54, 1.807) is 6.21 Å². The second-order valence-corrected chi connectivity index (χ2v) is 10.8. The number of rotatable bonds is 6. The fourth-order valence-electron chi connectivity index (χ4n) is 5.11. The number of carbonyl (C=O) groups excluding carboxylic acids is 1. The van der Waals surface area contributed by atoms with Crippen LogP contribution in [0.15, 0.2) is 84.0 Å². The largest absolute Gasteiger partial charge is 0.273 e. The Labute approximate surface area is 204 Å². The van der Waals surface area contributed by atoms with Gasteiger partial charge in [0.2, 0.25) is 5.91 Å². The number of nitrogens with zero attached hydrogens (tertiary/aromatic N) is 1. The van der Waals surface area contributed by atoms with Crippen LogP contribution < -0.4 is 5.43 Å². The molecular weight excluding hydrogens is 451 g/mol. The summed E-state index contributed by atoms with van der Waals surface area (Å²) in [6.07, 6.45) is 2.44. The Morgan fingerprint density at radius 3 is 2.12 bits per heavy atom. The van der Waals surface area contributed by atoms with Gasteiger partial charge in [0.05, 0.1) is 5.92 Å². The predicted molar refractivity (Wildman–Crippen MR) is 135 cm³/mol. The van der Waals surface area contributed by atoms with E-state index in [2.05, 4.69) is 72.9 Å². The van der Waals surface area contributed by atoms with Gasteiger partial charge < -0.3 is 0 Å². The molecule has 5 heteroatoms. The summed E-state index contributed by atoms with van der Waals surface area (Å²) in [6, 6.07) is 26.8. The lowest BCUT2D eigenvalue weighted by Gasteiger charge is -2.19. The minimum Gasteiger partial charge on any atom is -0.273 e. The average Bonchev–Trinajstić information content (AvgIpc) is 3.67. The number of hydrazone groups is 1. The van der Waals surface area contributed by atoms with Gasteiger partial charge in [-0.15, -0.1) is 23.2 Å². The Balaban J connectivity index is 1.34. The first-order valence-electron chi connectivity index (χ1n) is 11.2. The van der Waals surface area contributed by atoms with Gasteiger partial charge in [-0.1, -0.05) is 90.0 Å². The van der Waals surface area contributed by atoms with E-state index in [4.69, 9.17) is 23.2 Å². The highest BCUT2D eigenvalue weighted by molar-refractivity contribution is 6.53. The molecule has 2 fully saturated rings. The molecule has 33 heavy (non-hydrogen) atoms. The highest BCUT2D eigenvalue weighted by atomic mass is 35.5. The van der Waals surface area contributed by atoms with Crippen LogP contribution in [0.4, 0.5) is 0 Å². The molecule has 0 bridgehead atoms. The molecule has 3 nitrogen and oxygen atoms in total. The maximum atomic E-state index is 13.2. The molecule has 0 aromatic heterocycles. The molecule has 2 aliphatic rings. The lowest BCUT2D eigenvalue weighted by atomic mass is 9.84. The molecule has 3 atom stereocenters. The van der Waals surface area contributed by atoms with Crippen LogP contribution >= 0.6 is 23.2 Å². The Morgan fingerprint density at radius 1 is 0.939 bits per heavy atom. The Kier molecular flexibility index (Phi) is 5.58. The van der Waals surface area contributed by atoms with Crippen molar-refractivity contribution in [1.29, 1.82) is 0 Å². The van der Waals surface area contributed by atoms with Crippen LogP contribution in [0.2, 0.25) is 0 Å². The predicted octanol–water partition coefficient (Wildman–Crippen LogP) is 6.30. The van der Waals surface area contributed by atoms with Crippen molar-refractivity contribution in [2.45, 2.75) is 35.9 Å². The number of halogens is 2. The number of carbonyl (C=O) groups is 1. The molecule has 2 aliphatic carbocycles. The molecule has 2 saturated carbocycles. The Morgan fingerprint density at radius 2 is 1.55 bits per heavy atom. The van der Waals surface area contributed by atoms with Gasteiger partial charge >= 0.3 is 0 Å². The van der Waals surface area contributed by atoms with Gasteiger partial charge in [0.15, 0.2) is 0 Å². The number of benzene rings is 3. The standard InChI is InChI=1S/C28H26Cl2N2O/c1-18-8-6-12-21(14-18)27(22-13-7-9-19(2)15-22)16-23(27)26(33)32-31-17-24-25(28(24,29)30)20-10-4-3-5-11-20/h3-15,17,23-25H,16H2,1-2H3,(H,32,33). The van der Waals surface area contributed by atoms with Crippen LogP contribution in [0, 0.1) is 25.7 Å². The highest BCUT2D eigenvalue weighted by Gasteiger charge is 2.63. The summed E-state index contributed by atoms with van der Waals surface area (Å²) in [6.45, 7) is 4.16. The molecule has 0 saturated heterocycles. The van der Waals surface area contributed by atoms with E-state index in [1.807, 2.05) is 30.3 Å². The summed E-state index contributed by atoms with van der Waals surface area (Å²) < 4.78 is -0.901. The van der Waals surface area contributed by atoms with E-state index in [-0.39, 0.29) is 29.1 Å². The fourth-order valence-corrected chi connectivity index (χ4v) is 5.88. The quantitative estimate of drug-likeness (QED) is 0.253. The zero-order valence-corrected chi connectivity index (χ0v) is 20.1. The minimum absolute atomic E-state index is 0.0257. The van der Waals surface area contributed by atoms with Crippen molar-refractivity contribution in [2.24, 2.45) is 16.9 Å². The van der Waals surface area contributed by atoms with Crippen LogP contribution in [0.3, 0.4) is 0 Å². The van der Waals surface area contributed by atoms with Crippen molar-refractivity contribution >= 4 is 35.3 Å². The topological polar surface area (TPSA) is 41.5 Å². The first-order valence-corrected chi connectivity index (χ1v) is 12.0. The molecule has 3 unspecified atom stereocenters. The summed E-state index contributed by atoms with van der Waals surface area (Å²) in [4.78, 5) is 13.2. The highest BCUT2D eigenvalue weighted by Crippen LogP contribution is 2.64. The third-order valence-corrected chi connectivity index (χ3v) is 8.00. The van der Waals surface area contributed by atoms with E-state index in [9.17, 15) is 4.79 Å². The molecule has 3 aromatic carbocycles. The Hall–Kier alpha value is -2.62. The number of amides is 1. The van der Waals surface area contributed by atoms with E-state index in [1.165, 1.54) is 22.3 Å². The third-order valence-electron chi connectivity index (χ3n) is 7.02. The van der Waals surface area contributed by atoms with E-state index < -0.39 is 4.33 Å². The number of hydrogen-bond acceptors (Lipinski definition) is 2. The Bertz CT molecular complexity index is 1180. The van der Waals surface area contributed by atoms with Crippen LogP contribution in [0.25, 0.3) is 0 Å². The fraction of sp³-hybridized carbons (Fsp3) is 0.286. The molecule has 3 aromatic rings. The molecule has 1 N–H and O–H groups in total. The summed E-state index contributed by atoms with van der Waals surface area (Å²) in [7, 11) is 0. The second-order valence-electron chi connectivity index (χ2n) is 9.31. The normalized spacial score (nSPS) is 24.4. The molecular formula is C28H26Cl2N2O. The van der Waals surface area contributed by atoms with Gasteiger partial charge in [0.25, 0.3) is 0 Å². The molecule has 5 rings (SSSR count). The van der Waals surface area contributed by atoms with Crippen molar-refractivity contribution in [1.82, 2.24) is 5.43 Å². The maximum absolute atomic E-state index is 13.2. The van der Waals surface area contributed by atoms with Crippen LogP contribution in [0.5, 0.6) is 0 Å². The van der Waals surface area contributed by atoms with Crippen LogP contribution in [0.1, 0.15) is 40.2 Å². The molecule has 0 aliphatic heterocycles. The van der Waals surface area contributed by atoms with Gasteiger partial charge in [-0.25, -0.2) is 5.43 Å². The second kappa shape index (κ2) is 8.30. The van der Waals surface area contributed by atoms with Crippen molar-refractivity contribution < 1.29 is 4.79 Å². The molecule has 0 spiro atoms. The number of alkyl halides is 2. The SMILES string of the molecule is Cc1cccc(C2(c3cccc(C)c3)CC2C(=O)NN=CC2C(c3ccccc3)C2(Cl)Cl)c1. The van der Waals surface area contributed by atoms with Crippen molar-refractivity contribution in [3.8, 4) is 0 Å². The monoisotopic (exact) mass is 476 g/mol. The summed E-state index contributed by atoms with van der Waals surface area (Å²) in [5.41, 5.74) is 8.22. The van der Waals surface area contributed by atoms with Crippen molar-refractivity contribution in [2.75, 3.05) is 0 Å². The minimum atomic E-state index is -0.901. The summed E-state index contributed by atoms with van der Waals surface area (Å²) >= 11 is 13.0. The lowest BCUT2D eigenvalue weighted by Crippen LogP contribution is -2.25. The zero-order chi connectivity index (χ0) is 23.2. The van der Waals surface area contributed by atoms with Crippen LogP contribution in [-0.2, 0) is 10.2 Å². The average molecular weight is 477 g/mol. The zero-order valence-electron chi connectivity index (χ0n) is 18.6. The molecule has 168 valence electrons. The van der Waals surface area contributed by atoms with Gasteiger partial charge in [-0.05, 0) is 37.0 Å². The molecule has 1 amide bonds.